The lowest BCUT2D eigenvalue weighted by molar-refractivity contribution is 1.68. The maximum absolute atomic E-state index is 5.75. The molecule has 0 N–H and O–H groups in total. The lowest BCUT2D eigenvalue weighted by Crippen LogP contribution is -2.24. The molecule has 0 spiro atoms. The average molecular weight is 256 g/mol. The van der Waals surface area contributed by atoms with E-state index in [0.29, 0.717) is 4.49 Å². The van der Waals surface area contributed by atoms with Gasteiger partial charge in [0.05, 0.1) is 4.49 Å². The zero-order valence-corrected chi connectivity index (χ0v) is 10.0. The van der Waals surface area contributed by atoms with E-state index in [-0.39, 0.29) is 0 Å². The third-order valence-corrected chi connectivity index (χ3v) is 5.96. The summed E-state index contributed by atoms with van der Waals surface area (Å²) in [5.74, 6) is 0. The molecule has 0 nitrogen and oxygen atoms in total. The molecule has 0 aromatic heterocycles. The van der Waals surface area contributed by atoms with Gasteiger partial charge in [-0.05, 0) is 5.56 Å². The number of thiocarbonyl (C=S) groups is 1. The van der Waals surface area contributed by atoms with Crippen LogP contribution in [0.1, 0.15) is 5.56 Å². The summed E-state index contributed by atoms with van der Waals surface area (Å²) in [5.41, 5.74) is 0.833. The Labute approximate surface area is 91.6 Å². The van der Waals surface area contributed by atoms with Crippen LogP contribution >= 0.6 is 45.5 Å². The standard InChI is InChI=1S/C7H5Cl3SSi/c8-12(9,10)7(11)6-4-2-1-3-5-6/h1-5H. The molecule has 12 heavy (non-hydrogen) atoms. The van der Waals surface area contributed by atoms with Crippen molar-refractivity contribution >= 4 is 55.9 Å². The molecule has 0 radical (unpaired) electrons. The van der Waals surface area contributed by atoms with Crippen LogP contribution < -0.4 is 0 Å². The molecule has 0 aliphatic heterocycles. The van der Waals surface area contributed by atoms with Gasteiger partial charge < -0.3 is 0 Å². The number of hydrogen-bond acceptors (Lipinski definition) is 1. The average Bonchev–Trinajstić information content (AvgIpc) is 2.03. The van der Waals surface area contributed by atoms with E-state index in [0.717, 1.165) is 5.56 Å². The van der Waals surface area contributed by atoms with E-state index >= 15 is 0 Å². The molecule has 5 heteroatoms. The van der Waals surface area contributed by atoms with Gasteiger partial charge in [-0.25, -0.2) is 0 Å². The molecule has 1 rings (SSSR count). The Morgan fingerprint density at radius 3 is 2.00 bits per heavy atom. The molecule has 0 aliphatic carbocycles. The van der Waals surface area contributed by atoms with Crippen molar-refractivity contribution in [2.24, 2.45) is 0 Å². The quantitative estimate of drug-likeness (QED) is 0.442. The Kier molecular flexibility index (Phi) is 3.55. The van der Waals surface area contributed by atoms with Gasteiger partial charge in [-0.2, -0.15) is 0 Å². The number of benzene rings is 1. The molecule has 0 fully saturated rings. The van der Waals surface area contributed by atoms with Crippen molar-refractivity contribution in [1.29, 1.82) is 0 Å². The van der Waals surface area contributed by atoms with Crippen molar-refractivity contribution in [2.45, 2.75) is 0 Å². The largest absolute Gasteiger partial charge is 0.384 e. The van der Waals surface area contributed by atoms with Crippen LogP contribution in [-0.4, -0.2) is 10.5 Å². The highest BCUT2D eigenvalue weighted by Crippen LogP contribution is 2.25. The van der Waals surface area contributed by atoms with Crippen LogP contribution in [0.2, 0.25) is 0 Å². The molecule has 0 amide bonds. The maximum Gasteiger partial charge on any atom is 0.384 e. The second-order valence-corrected chi connectivity index (χ2v) is 11.3. The first-order valence-electron chi connectivity index (χ1n) is 3.18. The molecule has 0 atom stereocenters. The summed E-state index contributed by atoms with van der Waals surface area (Å²) in [6.45, 7) is 0. The van der Waals surface area contributed by atoms with E-state index in [1.807, 2.05) is 30.3 Å². The first-order chi connectivity index (χ1) is 5.52. The van der Waals surface area contributed by atoms with Crippen LogP contribution in [-0.2, 0) is 0 Å². The third-order valence-electron chi connectivity index (χ3n) is 1.29. The number of halogens is 3. The van der Waals surface area contributed by atoms with Gasteiger partial charge in [0.15, 0.2) is 0 Å². The van der Waals surface area contributed by atoms with Gasteiger partial charge in [-0.1, -0.05) is 42.5 Å². The highest BCUT2D eigenvalue weighted by molar-refractivity contribution is 7.95. The lowest BCUT2D eigenvalue weighted by Gasteiger charge is -2.08. The molecule has 0 saturated heterocycles. The van der Waals surface area contributed by atoms with Crippen molar-refractivity contribution < 1.29 is 0 Å². The first-order valence-corrected chi connectivity index (χ1v) is 8.63. The van der Waals surface area contributed by atoms with Crippen LogP contribution in [0.25, 0.3) is 0 Å². The van der Waals surface area contributed by atoms with E-state index < -0.39 is 6.00 Å². The van der Waals surface area contributed by atoms with Crippen LogP contribution in [0.15, 0.2) is 30.3 Å². The predicted molar refractivity (Wildman–Crippen MR) is 61.5 cm³/mol. The highest BCUT2D eigenvalue weighted by atomic mass is 35.8. The van der Waals surface area contributed by atoms with Gasteiger partial charge in [-0.15, -0.1) is 33.2 Å². The minimum absolute atomic E-state index is 0.466. The summed E-state index contributed by atoms with van der Waals surface area (Å²) < 4.78 is 0.466. The molecule has 0 unspecified atom stereocenters. The molecule has 64 valence electrons. The molecule has 0 bridgehead atoms. The summed E-state index contributed by atoms with van der Waals surface area (Å²) in [6.07, 6.45) is 0. The van der Waals surface area contributed by atoms with Crippen molar-refractivity contribution in [3.05, 3.63) is 35.9 Å². The fourth-order valence-corrected chi connectivity index (χ4v) is 2.37. The molecule has 0 aliphatic rings. The number of hydrogen-bond donors (Lipinski definition) is 0. The van der Waals surface area contributed by atoms with Crippen molar-refractivity contribution in [3.63, 3.8) is 0 Å². The molecular formula is C7H5Cl3SSi. The maximum atomic E-state index is 5.75. The summed E-state index contributed by atoms with van der Waals surface area (Å²) >= 11 is 22.3. The van der Waals surface area contributed by atoms with Crippen molar-refractivity contribution in [3.8, 4) is 0 Å². The van der Waals surface area contributed by atoms with Gasteiger partial charge in [0.2, 0.25) is 0 Å². The van der Waals surface area contributed by atoms with E-state index in [9.17, 15) is 0 Å². The minimum atomic E-state index is -2.85. The van der Waals surface area contributed by atoms with Crippen LogP contribution in [0.5, 0.6) is 0 Å². The smallest absolute Gasteiger partial charge is 0.120 e. The van der Waals surface area contributed by atoms with Gasteiger partial charge >= 0.3 is 6.00 Å². The normalized spacial score (nSPS) is 11.2. The zero-order valence-electron chi connectivity index (χ0n) is 5.93. The minimum Gasteiger partial charge on any atom is -0.120 e. The van der Waals surface area contributed by atoms with Crippen LogP contribution in [0, 0.1) is 0 Å². The second-order valence-electron chi connectivity index (χ2n) is 2.19. The Morgan fingerprint density at radius 1 is 1.08 bits per heavy atom. The Bertz CT molecular complexity index is 280. The van der Waals surface area contributed by atoms with E-state index in [4.69, 9.17) is 45.5 Å². The van der Waals surface area contributed by atoms with Crippen molar-refractivity contribution in [1.82, 2.24) is 0 Å². The van der Waals surface area contributed by atoms with Gasteiger partial charge in [0, 0.05) is 0 Å². The van der Waals surface area contributed by atoms with Crippen LogP contribution in [0.3, 0.4) is 0 Å². The summed E-state index contributed by atoms with van der Waals surface area (Å²) in [4.78, 5) is 0. The monoisotopic (exact) mass is 254 g/mol. The van der Waals surface area contributed by atoms with E-state index in [1.165, 1.54) is 0 Å². The van der Waals surface area contributed by atoms with Crippen LogP contribution in [0.4, 0.5) is 0 Å². The lowest BCUT2D eigenvalue weighted by atomic mass is 10.2. The van der Waals surface area contributed by atoms with Gasteiger partial charge in [-0.3, -0.25) is 0 Å². The van der Waals surface area contributed by atoms with Crippen molar-refractivity contribution in [2.75, 3.05) is 0 Å². The second kappa shape index (κ2) is 4.07. The topological polar surface area (TPSA) is 0 Å². The molecule has 0 saturated carbocycles. The van der Waals surface area contributed by atoms with E-state index in [2.05, 4.69) is 0 Å². The Hall–Kier alpha value is 0.397. The van der Waals surface area contributed by atoms with Gasteiger partial charge in [0.1, 0.15) is 0 Å². The fourth-order valence-electron chi connectivity index (χ4n) is 0.753. The molecule has 0 heterocycles. The SMILES string of the molecule is S=C(c1ccccc1)[Si](Cl)(Cl)Cl. The Balaban J connectivity index is 2.94. The van der Waals surface area contributed by atoms with E-state index in [1.54, 1.807) is 0 Å². The first kappa shape index (κ1) is 10.5. The molecule has 1 aromatic carbocycles. The zero-order chi connectivity index (χ0) is 9.19. The fraction of sp³-hybridized carbons (Fsp3) is 0. The van der Waals surface area contributed by atoms with Gasteiger partial charge in [0.25, 0.3) is 0 Å². The third kappa shape index (κ3) is 2.71. The summed E-state index contributed by atoms with van der Waals surface area (Å²) in [7, 11) is 0. The number of rotatable bonds is 2. The summed E-state index contributed by atoms with van der Waals surface area (Å²) in [6, 6.07) is 6.47. The molecular weight excluding hydrogens is 251 g/mol. The highest BCUT2D eigenvalue weighted by Gasteiger charge is 2.32. The Morgan fingerprint density at radius 2 is 1.58 bits per heavy atom. The molecule has 1 aromatic rings. The predicted octanol–water partition coefficient (Wildman–Crippen LogP) is 3.60. The summed E-state index contributed by atoms with van der Waals surface area (Å²) in [5, 5.41) is 0.